The largest absolute Gasteiger partial charge is 0.397 e. The normalized spacial score (nSPS) is 18.3. The molecule has 5 heteroatoms. The van der Waals surface area contributed by atoms with Crippen LogP contribution in [0.2, 0.25) is 0 Å². The first-order valence-corrected chi connectivity index (χ1v) is 6.74. The van der Waals surface area contributed by atoms with E-state index in [0.717, 1.165) is 31.7 Å². The Morgan fingerprint density at radius 1 is 1.53 bits per heavy atom. The van der Waals surface area contributed by atoms with E-state index in [2.05, 4.69) is 10.6 Å². The molecule has 4 N–H and O–H groups in total. The van der Waals surface area contributed by atoms with Crippen molar-refractivity contribution in [3.63, 3.8) is 0 Å². The Labute approximate surface area is 113 Å². The van der Waals surface area contributed by atoms with Crippen molar-refractivity contribution in [2.45, 2.75) is 25.9 Å². The minimum Gasteiger partial charge on any atom is -0.397 e. The van der Waals surface area contributed by atoms with Gasteiger partial charge in [-0.15, -0.1) is 0 Å². The summed E-state index contributed by atoms with van der Waals surface area (Å²) >= 11 is 0. The van der Waals surface area contributed by atoms with Gasteiger partial charge >= 0.3 is 0 Å². The number of carbonyl (C=O) groups excluding carboxylic acids is 1. The monoisotopic (exact) mass is 263 g/mol. The molecular weight excluding hydrogens is 242 g/mol. The van der Waals surface area contributed by atoms with Gasteiger partial charge in [-0.3, -0.25) is 4.79 Å². The fourth-order valence-electron chi connectivity index (χ4n) is 2.16. The van der Waals surface area contributed by atoms with Gasteiger partial charge in [0.05, 0.1) is 17.5 Å². The van der Waals surface area contributed by atoms with Crippen LogP contribution in [0.3, 0.4) is 0 Å². The molecule has 1 aliphatic rings. The maximum atomic E-state index is 11.7. The first-order valence-electron chi connectivity index (χ1n) is 6.74. The highest BCUT2D eigenvalue weighted by atomic mass is 16.5. The average molecular weight is 263 g/mol. The molecule has 1 amide bonds. The number of anilines is 2. The predicted octanol–water partition coefficient (Wildman–Crippen LogP) is 1.61. The molecular formula is C14H21N3O2. The Hall–Kier alpha value is -1.75. The zero-order valence-electron chi connectivity index (χ0n) is 11.2. The molecule has 1 fully saturated rings. The van der Waals surface area contributed by atoms with Crippen LogP contribution in [-0.2, 0) is 4.74 Å². The molecule has 1 atom stereocenters. The van der Waals surface area contributed by atoms with Gasteiger partial charge in [-0.1, -0.05) is 0 Å². The van der Waals surface area contributed by atoms with Crippen molar-refractivity contribution in [2.24, 2.45) is 0 Å². The summed E-state index contributed by atoms with van der Waals surface area (Å²) in [6, 6.07) is 5.32. The molecule has 5 nitrogen and oxygen atoms in total. The Kier molecular flexibility index (Phi) is 4.63. The van der Waals surface area contributed by atoms with E-state index in [1.807, 2.05) is 13.0 Å². The van der Waals surface area contributed by atoms with Gasteiger partial charge in [0.15, 0.2) is 0 Å². The first-order chi connectivity index (χ1) is 9.20. The molecule has 19 heavy (non-hydrogen) atoms. The van der Waals surface area contributed by atoms with Gasteiger partial charge in [0, 0.05) is 25.3 Å². The Bertz CT molecular complexity index is 442. The summed E-state index contributed by atoms with van der Waals surface area (Å²) in [5, 5.41) is 6.02. The second-order valence-electron chi connectivity index (χ2n) is 4.68. The molecule has 0 saturated carbocycles. The molecule has 0 unspecified atom stereocenters. The molecule has 1 heterocycles. The maximum absolute atomic E-state index is 11.7. The van der Waals surface area contributed by atoms with Crippen LogP contribution in [-0.4, -0.2) is 31.7 Å². The lowest BCUT2D eigenvalue weighted by atomic mass is 10.1. The fraction of sp³-hybridized carbons (Fsp3) is 0.500. The van der Waals surface area contributed by atoms with E-state index in [9.17, 15) is 4.79 Å². The molecule has 1 aromatic rings. The van der Waals surface area contributed by atoms with Gasteiger partial charge in [-0.05, 0) is 38.0 Å². The van der Waals surface area contributed by atoms with Gasteiger partial charge in [0.2, 0.25) is 0 Å². The van der Waals surface area contributed by atoms with Crippen LogP contribution >= 0.6 is 0 Å². The summed E-state index contributed by atoms with van der Waals surface area (Å²) < 4.78 is 5.54. The zero-order chi connectivity index (χ0) is 13.7. The number of hydrogen-bond acceptors (Lipinski definition) is 4. The number of ether oxygens (including phenoxy) is 1. The lowest BCUT2D eigenvalue weighted by Gasteiger charge is -2.14. The van der Waals surface area contributed by atoms with Gasteiger partial charge in [0.1, 0.15) is 0 Å². The highest BCUT2D eigenvalue weighted by Crippen LogP contribution is 2.21. The highest BCUT2D eigenvalue weighted by molar-refractivity contribution is 5.96. The van der Waals surface area contributed by atoms with E-state index in [-0.39, 0.29) is 12.0 Å². The predicted molar refractivity (Wildman–Crippen MR) is 76.3 cm³/mol. The van der Waals surface area contributed by atoms with E-state index >= 15 is 0 Å². The molecule has 2 rings (SSSR count). The Balaban J connectivity index is 1.96. The van der Waals surface area contributed by atoms with Crippen molar-refractivity contribution >= 4 is 17.3 Å². The van der Waals surface area contributed by atoms with Crippen LogP contribution in [0.25, 0.3) is 0 Å². The standard InChI is InChI=1S/C14H21N3O2/c1-2-16-14(18)10-5-6-13(12(15)8-10)17-9-11-4-3-7-19-11/h5-6,8,11,17H,2-4,7,9,15H2,1H3,(H,16,18)/t11-/m1/s1. The van der Waals surface area contributed by atoms with Crippen molar-refractivity contribution in [3.8, 4) is 0 Å². The van der Waals surface area contributed by atoms with E-state index in [1.165, 1.54) is 0 Å². The van der Waals surface area contributed by atoms with Crippen molar-refractivity contribution in [1.29, 1.82) is 0 Å². The third kappa shape index (κ3) is 3.61. The number of nitrogen functional groups attached to an aromatic ring is 1. The van der Waals surface area contributed by atoms with E-state index in [4.69, 9.17) is 10.5 Å². The Morgan fingerprint density at radius 3 is 3.00 bits per heavy atom. The van der Waals surface area contributed by atoms with Crippen molar-refractivity contribution in [1.82, 2.24) is 5.32 Å². The van der Waals surface area contributed by atoms with Gasteiger partial charge in [-0.2, -0.15) is 0 Å². The number of rotatable bonds is 5. The Morgan fingerprint density at radius 2 is 2.37 bits per heavy atom. The lowest BCUT2D eigenvalue weighted by molar-refractivity contribution is 0.0956. The van der Waals surface area contributed by atoms with E-state index in [0.29, 0.717) is 17.8 Å². The minimum atomic E-state index is -0.0973. The molecule has 0 aliphatic carbocycles. The minimum absolute atomic E-state index is 0.0973. The lowest BCUT2D eigenvalue weighted by Crippen LogP contribution is -2.23. The number of nitrogens with two attached hydrogens (primary N) is 1. The fourth-order valence-corrected chi connectivity index (χ4v) is 2.16. The number of nitrogens with one attached hydrogen (secondary N) is 2. The molecule has 0 aromatic heterocycles. The molecule has 0 spiro atoms. The van der Waals surface area contributed by atoms with E-state index < -0.39 is 0 Å². The van der Waals surface area contributed by atoms with Crippen LogP contribution in [0.1, 0.15) is 30.1 Å². The number of hydrogen-bond donors (Lipinski definition) is 3. The number of benzene rings is 1. The summed E-state index contributed by atoms with van der Waals surface area (Å²) in [6.45, 7) is 4.10. The van der Waals surface area contributed by atoms with Crippen molar-refractivity contribution in [3.05, 3.63) is 23.8 Å². The molecule has 104 valence electrons. The summed E-state index contributed by atoms with van der Waals surface area (Å²) in [7, 11) is 0. The second-order valence-corrected chi connectivity index (χ2v) is 4.68. The third-order valence-electron chi connectivity index (χ3n) is 3.20. The molecule has 0 radical (unpaired) electrons. The second kappa shape index (κ2) is 6.43. The maximum Gasteiger partial charge on any atom is 0.251 e. The molecule has 1 aliphatic heterocycles. The SMILES string of the molecule is CCNC(=O)c1ccc(NC[C@H]2CCCO2)c(N)c1. The molecule has 1 saturated heterocycles. The summed E-state index contributed by atoms with van der Waals surface area (Å²) in [5.41, 5.74) is 7.98. The highest BCUT2D eigenvalue weighted by Gasteiger charge is 2.15. The van der Waals surface area contributed by atoms with Crippen LogP contribution in [0.4, 0.5) is 11.4 Å². The first kappa shape index (κ1) is 13.7. The van der Waals surface area contributed by atoms with E-state index in [1.54, 1.807) is 12.1 Å². The van der Waals surface area contributed by atoms with Crippen LogP contribution in [0.5, 0.6) is 0 Å². The summed E-state index contributed by atoms with van der Waals surface area (Å²) in [5.74, 6) is -0.0973. The smallest absolute Gasteiger partial charge is 0.251 e. The molecule has 1 aromatic carbocycles. The van der Waals surface area contributed by atoms with Crippen molar-refractivity contribution < 1.29 is 9.53 Å². The van der Waals surface area contributed by atoms with Crippen LogP contribution in [0.15, 0.2) is 18.2 Å². The van der Waals surface area contributed by atoms with Crippen LogP contribution in [0, 0.1) is 0 Å². The van der Waals surface area contributed by atoms with Gasteiger partial charge in [-0.25, -0.2) is 0 Å². The zero-order valence-corrected chi connectivity index (χ0v) is 11.2. The topological polar surface area (TPSA) is 76.4 Å². The van der Waals surface area contributed by atoms with Gasteiger partial charge in [0.25, 0.3) is 5.91 Å². The van der Waals surface area contributed by atoms with Crippen LogP contribution < -0.4 is 16.4 Å². The summed E-state index contributed by atoms with van der Waals surface area (Å²) in [6.07, 6.45) is 2.48. The van der Waals surface area contributed by atoms with Gasteiger partial charge < -0.3 is 21.1 Å². The number of amides is 1. The number of carbonyl (C=O) groups is 1. The quantitative estimate of drug-likeness (QED) is 0.705. The molecule has 0 bridgehead atoms. The van der Waals surface area contributed by atoms with Crippen molar-refractivity contribution in [2.75, 3.05) is 30.7 Å². The average Bonchev–Trinajstić information content (AvgIpc) is 2.90. The third-order valence-corrected chi connectivity index (χ3v) is 3.20. The summed E-state index contributed by atoms with van der Waals surface area (Å²) in [4.78, 5) is 11.7.